The number of rotatable bonds is 5. The van der Waals surface area contributed by atoms with Crippen LogP contribution in [0.1, 0.15) is 32.5 Å². The van der Waals surface area contributed by atoms with Gasteiger partial charge >= 0.3 is 5.97 Å². The second-order valence-corrected chi connectivity index (χ2v) is 3.74. The summed E-state index contributed by atoms with van der Waals surface area (Å²) >= 11 is 0. The van der Waals surface area contributed by atoms with E-state index in [-0.39, 0.29) is 6.54 Å². The van der Waals surface area contributed by atoms with Gasteiger partial charge in [0.05, 0.1) is 6.54 Å². The Bertz CT molecular complexity index is 346. The van der Waals surface area contributed by atoms with Crippen molar-refractivity contribution in [2.75, 3.05) is 0 Å². The van der Waals surface area contributed by atoms with Crippen molar-refractivity contribution in [2.45, 2.75) is 39.3 Å². The van der Waals surface area contributed by atoms with E-state index in [1.807, 2.05) is 6.92 Å². The summed E-state index contributed by atoms with van der Waals surface area (Å²) in [5.74, 6) is 0.110. The van der Waals surface area contributed by atoms with Crippen molar-refractivity contribution in [3.63, 3.8) is 0 Å². The van der Waals surface area contributed by atoms with Crippen molar-refractivity contribution < 1.29 is 14.4 Å². The molecule has 0 fully saturated rings. The van der Waals surface area contributed by atoms with Crippen molar-refractivity contribution in [3.05, 3.63) is 11.7 Å². The lowest BCUT2D eigenvalue weighted by Gasteiger charge is -2.19. The molecule has 0 aliphatic heterocycles. The van der Waals surface area contributed by atoms with Gasteiger partial charge in [0.2, 0.25) is 5.89 Å². The summed E-state index contributed by atoms with van der Waals surface area (Å²) in [5, 5.41) is 15.4. The molecule has 0 saturated heterocycles. The van der Waals surface area contributed by atoms with Crippen LogP contribution in [-0.4, -0.2) is 26.8 Å². The molecule has 0 bridgehead atoms. The number of aliphatic carboxylic acids is 1. The van der Waals surface area contributed by atoms with E-state index in [0.717, 1.165) is 0 Å². The van der Waals surface area contributed by atoms with Gasteiger partial charge in [-0.15, -0.1) is 0 Å². The fraction of sp³-hybridized carbons (Fsp3) is 0.667. The van der Waals surface area contributed by atoms with Gasteiger partial charge in [0.1, 0.15) is 5.54 Å². The summed E-state index contributed by atoms with van der Waals surface area (Å²) in [6.45, 7) is 5.33. The van der Waals surface area contributed by atoms with E-state index in [1.165, 1.54) is 0 Å². The molecule has 1 heterocycles. The highest BCUT2D eigenvalue weighted by atomic mass is 16.5. The standard InChI is InChI=1S/C9H15N3O3/c1-4-6-11-7(15-12-6)5-10-9(2,3)8(13)14/h10H,4-5H2,1-3H3,(H,13,14). The lowest BCUT2D eigenvalue weighted by Crippen LogP contribution is -2.46. The van der Waals surface area contributed by atoms with Crippen molar-refractivity contribution >= 4 is 5.97 Å². The molecular formula is C9H15N3O3. The SMILES string of the molecule is CCc1noc(CNC(C)(C)C(=O)O)n1. The normalized spacial score (nSPS) is 11.7. The topological polar surface area (TPSA) is 88.2 Å². The summed E-state index contributed by atoms with van der Waals surface area (Å²) in [5.41, 5.74) is -0.999. The molecule has 1 rings (SSSR count). The molecule has 0 atom stereocenters. The van der Waals surface area contributed by atoms with E-state index in [1.54, 1.807) is 13.8 Å². The first-order valence-electron chi connectivity index (χ1n) is 4.75. The van der Waals surface area contributed by atoms with E-state index in [4.69, 9.17) is 9.63 Å². The Morgan fingerprint density at radius 3 is 2.73 bits per heavy atom. The van der Waals surface area contributed by atoms with Crippen molar-refractivity contribution in [1.29, 1.82) is 0 Å². The van der Waals surface area contributed by atoms with E-state index in [9.17, 15) is 4.79 Å². The summed E-state index contributed by atoms with van der Waals surface area (Å²) in [6.07, 6.45) is 0.700. The molecule has 1 aromatic heterocycles. The maximum Gasteiger partial charge on any atom is 0.323 e. The number of aromatic nitrogens is 2. The van der Waals surface area contributed by atoms with Crippen LogP contribution in [-0.2, 0) is 17.8 Å². The third-order valence-corrected chi connectivity index (χ3v) is 2.04. The number of carboxylic acids is 1. The van der Waals surface area contributed by atoms with Crippen LogP contribution < -0.4 is 5.32 Å². The van der Waals surface area contributed by atoms with Gasteiger partial charge in [-0.1, -0.05) is 12.1 Å². The Balaban J connectivity index is 2.53. The van der Waals surface area contributed by atoms with Crippen LogP contribution in [0.4, 0.5) is 0 Å². The monoisotopic (exact) mass is 213 g/mol. The summed E-state index contributed by atoms with van der Waals surface area (Å²) in [7, 11) is 0. The number of aryl methyl sites for hydroxylation is 1. The lowest BCUT2D eigenvalue weighted by atomic mass is 10.1. The third kappa shape index (κ3) is 3.02. The summed E-state index contributed by atoms with van der Waals surface area (Å²) in [4.78, 5) is 14.8. The zero-order valence-corrected chi connectivity index (χ0v) is 9.07. The minimum atomic E-state index is -0.999. The molecule has 0 aliphatic carbocycles. The van der Waals surface area contributed by atoms with E-state index in [2.05, 4.69) is 15.5 Å². The predicted octanol–water partition coefficient (Wildman–Crippen LogP) is 0.585. The number of carbonyl (C=O) groups is 1. The molecule has 0 unspecified atom stereocenters. The second-order valence-electron chi connectivity index (χ2n) is 3.74. The number of hydrogen-bond donors (Lipinski definition) is 2. The molecule has 0 aromatic carbocycles. The molecule has 6 nitrogen and oxygen atoms in total. The van der Waals surface area contributed by atoms with Gasteiger partial charge in [-0.2, -0.15) is 4.98 Å². The number of nitrogens with one attached hydrogen (secondary N) is 1. The van der Waals surface area contributed by atoms with Crippen molar-refractivity contribution in [2.24, 2.45) is 0 Å². The maximum atomic E-state index is 10.8. The first-order valence-corrected chi connectivity index (χ1v) is 4.75. The molecule has 0 radical (unpaired) electrons. The Morgan fingerprint density at radius 2 is 2.27 bits per heavy atom. The van der Waals surface area contributed by atoms with Crippen LogP contribution in [0.15, 0.2) is 4.52 Å². The maximum absolute atomic E-state index is 10.8. The van der Waals surface area contributed by atoms with Crippen LogP contribution in [0.25, 0.3) is 0 Å². The van der Waals surface area contributed by atoms with Crippen LogP contribution >= 0.6 is 0 Å². The highest BCUT2D eigenvalue weighted by Gasteiger charge is 2.26. The zero-order valence-electron chi connectivity index (χ0n) is 9.07. The third-order valence-electron chi connectivity index (χ3n) is 2.04. The molecule has 0 spiro atoms. The van der Waals surface area contributed by atoms with Gasteiger partial charge < -0.3 is 9.63 Å². The quantitative estimate of drug-likeness (QED) is 0.744. The van der Waals surface area contributed by atoms with Crippen molar-refractivity contribution in [3.8, 4) is 0 Å². The number of carboxylic acid groups (broad SMARTS) is 1. The van der Waals surface area contributed by atoms with E-state index in [0.29, 0.717) is 18.1 Å². The van der Waals surface area contributed by atoms with Crippen LogP contribution in [0, 0.1) is 0 Å². The number of nitrogens with zero attached hydrogens (tertiary/aromatic N) is 2. The van der Waals surface area contributed by atoms with Crippen molar-refractivity contribution in [1.82, 2.24) is 15.5 Å². The molecule has 1 aromatic rings. The fourth-order valence-corrected chi connectivity index (χ4v) is 0.878. The fourth-order valence-electron chi connectivity index (χ4n) is 0.878. The molecule has 2 N–H and O–H groups in total. The minimum absolute atomic E-state index is 0.256. The predicted molar refractivity (Wildman–Crippen MR) is 52.2 cm³/mol. The first kappa shape index (κ1) is 11.6. The molecule has 6 heteroatoms. The second kappa shape index (κ2) is 4.39. The average Bonchev–Trinajstić information content (AvgIpc) is 2.62. The van der Waals surface area contributed by atoms with Gasteiger partial charge in [0, 0.05) is 6.42 Å². The number of hydrogen-bond acceptors (Lipinski definition) is 5. The largest absolute Gasteiger partial charge is 0.480 e. The summed E-state index contributed by atoms with van der Waals surface area (Å²) in [6, 6.07) is 0. The Morgan fingerprint density at radius 1 is 1.60 bits per heavy atom. The molecule has 0 saturated carbocycles. The van der Waals surface area contributed by atoms with E-state index >= 15 is 0 Å². The first-order chi connectivity index (χ1) is 6.95. The minimum Gasteiger partial charge on any atom is -0.480 e. The smallest absolute Gasteiger partial charge is 0.323 e. The average molecular weight is 213 g/mol. The van der Waals surface area contributed by atoms with Crippen LogP contribution in [0.2, 0.25) is 0 Å². The van der Waals surface area contributed by atoms with Gasteiger partial charge in [0.15, 0.2) is 5.82 Å². The van der Waals surface area contributed by atoms with E-state index < -0.39 is 11.5 Å². The molecular weight excluding hydrogens is 198 g/mol. The molecule has 0 aliphatic rings. The van der Waals surface area contributed by atoms with Gasteiger partial charge in [-0.25, -0.2) is 0 Å². The van der Waals surface area contributed by atoms with Gasteiger partial charge in [-0.3, -0.25) is 10.1 Å². The Labute approximate surface area is 87.7 Å². The molecule has 0 amide bonds. The van der Waals surface area contributed by atoms with Gasteiger partial charge in [-0.05, 0) is 13.8 Å². The Hall–Kier alpha value is -1.43. The molecule has 15 heavy (non-hydrogen) atoms. The summed E-state index contributed by atoms with van der Waals surface area (Å²) < 4.78 is 4.91. The zero-order chi connectivity index (χ0) is 11.5. The highest BCUT2D eigenvalue weighted by molar-refractivity contribution is 5.77. The lowest BCUT2D eigenvalue weighted by molar-refractivity contribution is -0.143. The highest BCUT2D eigenvalue weighted by Crippen LogP contribution is 2.04. The van der Waals surface area contributed by atoms with Crippen LogP contribution in [0.3, 0.4) is 0 Å². The van der Waals surface area contributed by atoms with Gasteiger partial charge in [0.25, 0.3) is 0 Å². The van der Waals surface area contributed by atoms with Crippen LogP contribution in [0.5, 0.6) is 0 Å². The molecule has 84 valence electrons. The Kier molecular flexibility index (Phi) is 3.41.